The lowest BCUT2D eigenvalue weighted by atomic mass is 9.94. The molecule has 0 amide bonds. The summed E-state index contributed by atoms with van der Waals surface area (Å²) in [6.45, 7) is 1.39. The van der Waals surface area contributed by atoms with Gasteiger partial charge in [0, 0.05) is 11.0 Å². The fraction of sp³-hybridized carbons (Fsp3) is 0.556. The van der Waals surface area contributed by atoms with Gasteiger partial charge in [0.25, 0.3) is 0 Å². The summed E-state index contributed by atoms with van der Waals surface area (Å²) in [6.07, 6.45) is 1.56. The zero-order chi connectivity index (χ0) is 9.31. The van der Waals surface area contributed by atoms with Crippen LogP contribution < -0.4 is 5.32 Å². The minimum atomic E-state index is -1.15. The first-order valence-electron chi connectivity index (χ1n) is 4.35. The monoisotopic (exact) mass is 263 g/mol. The molecule has 0 radical (unpaired) electrons. The summed E-state index contributed by atoms with van der Waals surface area (Å²) in [5.74, 6) is 0. The smallest absolute Gasteiger partial charge is 0.158 e. The highest BCUT2D eigenvalue weighted by Gasteiger charge is 2.36. The summed E-state index contributed by atoms with van der Waals surface area (Å²) in [6, 6.07) is 1.91. The summed E-state index contributed by atoms with van der Waals surface area (Å²) in [5, 5.41) is 5.03. The van der Waals surface area contributed by atoms with Crippen molar-refractivity contribution in [2.24, 2.45) is 0 Å². The average Bonchev–Trinajstić information content (AvgIpc) is 2.53. The number of halogens is 2. The molecule has 0 aromatic carbocycles. The minimum absolute atomic E-state index is 0.451. The highest BCUT2D eigenvalue weighted by atomic mass is 79.9. The van der Waals surface area contributed by atoms with Crippen LogP contribution >= 0.6 is 27.3 Å². The van der Waals surface area contributed by atoms with Crippen LogP contribution in [0, 0.1) is 0 Å². The van der Waals surface area contributed by atoms with E-state index >= 15 is 0 Å². The Kier molecular flexibility index (Phi) is 2.72. The van der Waals surface area contributed by atoms with Crippen LogP contribution in [-0.2, 0) is 5.67 Å². The molecule has 0 aliphatic carbocycles. The van der Waals surface area contributed by atoms with Crippen LogP contribution in [0.4, 0.5) is 4.39 Å². The summed E-state index contributed by atoms with van der Waals surface area (Å²) in [5.41, 5.74) is -1.15. The van der Waals surface area contributed by atoms with Gasteiger partial charge in [-0.1, -0.05) is 0 Å². The molecule has 1 saturated heterocycles. The summed E-state index contributed by atoms with van der Waals surface area (Å²) >= 11 is 4.87. The molecule has 72 valence electrons. The van der Waals surface area contributed by atoms with Gasteiger partial charge in [-0.3, -0.25) is 0 Å². The van der Waals surface area contributed by atoms with Gasteiger partial charge >= 0.3 is 0 Å². The van der Waals surface area contributed by atoms with Crippen LogP contribution in [0.3, 0.4) is 0 Å². The Balaban J connectivity index is 2.27. The number of hydrogen-bond donors (Lipinski definition) is 1. The van der Waals surface area contributed by atoms with Crippen LogP contribution in [-0.4, -0.2) is 13.1 Å². The van der Waals surface area contributed by atoms with Crippen LogP contribution in [0.15, 0.2) is 15.9 Å². The molecular formula is C9H11BrFNS. The van der Waals surface area contributed by atoms with Crippen molar-refractivity contribution in [2.45, 2.75) is 18.5 Å². The first-order chi connectivity index (χ1) is 6.22. The SMILES string of the molecule is FC1(c2sccc2Br)CCCNC1. The lowest BCUT2D eigenvalue weighted by Crippen LogP contribution is -2.39. The second kappa shape index (κ2) is 3.67. The Morgan fingerprint density at radius 1 is 1.62 bits per heavy atom. The molecule has 1 aromatic heterocycles. The van der Waals surface area contributed by atoms with Crippen LogP contribution in [0.2, 0.25) is 0 Å². The standard InChI is InChI=1S/C9H11BrFNS/c10-7-2-5-13-8(7)9(11)3-1-4-12-6-9/h2,5,12H,1,3-4,6H2. The van der Waals surface area contributed by atoms with E-state index in [1.165, 1.54) is 11.3 Å². The molecule has 1 aliphatic heterocycles. The molecule has 13 heavy (non-hydrogen) atoms. The quantitative estimate of drug-likeness (QED) is 0.822. The molecule has 4 heteroatoms. The molecular weight excluding hydrogens is 253 g/mol. The van der Waals surface area contributed by atoms with Crippen molar-refractivity contribution in [1.82, 2.24) is 5.32 Å². The Hall–Kier alpha value is 0.0700. The first-order valence-corrected chi connectivity index (χ1v) is 6.03. The third kappa shape index (κ3) is 1.80. The van der Waals surface area contributed by atoms with Gasteiger partial charge in [-0.25, -0.2) is 4.39 Å². The lowest BCUT2D eigenvalue weighted by molar-refractivity contribution is 0.125. The van der Waals surface area contributed by atoms with Crippen molar-refractivity contribution in [2.75, 3.05) is 13.1 Å². The van der Waals surface area contributed by atoms with Crippen molar-refractivity contribution >= 4 is 27.3 Å². The van der Waals surface area contributed by atoms with Gasteiger partial charge < -0.3 is 5.32 Å². The molecule has 0 spiro atoms. The fourth-order valence-electron chi connectivity index (χ4n) is 1.68. The van der Waals surface area contributed by atoms with Crippen molar-refractivity contribution < 1.29 is 4.39 Å². The predicted molar refractivity (Wildman–Crippen MR) is 56.9 cm³/mol. The summed E-state index contributed by atoms with van der Waals surface area (Å²) < 4.78 is 15.2. The van der Waals surface area contributed by atoms with Crippen molar-refractivity contribution in [3.63, 3.8) is 0 Å². The Morgan fingerprint density at radius 3 is 3.00 bits per heavy atom. The molecule has 1 unspecified atom stereocenters. The number of piperidine rings is 1. The third-order valence-corrected chi connectivity index (χ3v) is 4.37. The Bertz CT molecular complexity index is 294. The maximum atomic E-state index is 14.3. The number of hydrogen-bond acceptors (Lipinski definition) is 2. The van der Waals surface area contributed by atoms with E-state index in [0.717, 1.165) is 22.3 Å². The maximum absolute atomic E-state index is 14.3. The molecule has 1 fully saturated rings. The molecule has 2 heterocycles. The van der Waals surface area contributed by atoms with E-state index in [9.17, 15) is 4.39 Å². The van der Waals surface area contributed by atoms with Gasteiger partial charge in [0.05, 0.1) is 4.88 Å². The molecule has 1 aromatic rings. The van der Waals surface area contributed by atoms with Gasteiger partial charge in [-0.2, -0.15) is 0 Å². The molecule has 1 N–H and O–H groups in total. The first kappa shape index (κ1) is 9.62. The van der Waals surface area contributed by atoms with Crippen molar-refractivity contribution in [3.8, 4) is 0 Å². The van der Waals surface area contributed by atoms with Crippen molar-refractivity contribution in [3.05, 3.63) is 20.8 Å². The number of nitrogens with one attached hydrogen (secondary N) is 1. The molecule has 0 bridgehead atoms. The number of rotatable bonds is 1. The van der Waals surface area contributed by atoms with Crippen LogP contribution in [0.1, 0.15) is 17.7 Å². The van der Waals surface area contributed by atoms with E-state index in [1.54, 1.807) is 0 Å². The highest BCUT2D eigenvalue weighted by molar-refractivity contribution is 9.10. The Morgan fingerprint density at radius 2 is 2.46 bits per heavy atom. The van der Waals surface area contributed by atoms with Gasteiger partial charge in [0.15, 0.2) is 5.67 Å². The zero-order valence-corrected chi connectivity index (χ0v) is 9.55. The van der Waals surface area contributed by atoms with Crippen LogP contribution in [0.5, 0.6) is 0 Å². The topological polar surface area (TPSA) is 12.0 Å². The van der Waals surface area contributed by atoms with E-state index in [2.05, 4.69) is 21.2 Å². The normalized spacial score (nSPS) is 29.1. The predicted octanol–water partition coefficient (Wildman–Crippen LogP) is 3.06. The summed E-state index contributed by atoms with van der Waals surface area (Å²) in [7, 11) is 0. The lowest BCUT2D eigenvalue weighted by Gasteiger charge is -2.29. The molecule has 1 aliphatic rings. The fourth-order valence-corrected chi connectivity index (χ4v) is 3.52. The highest BCUT2D eigenvalue weighted by Crippen LogP contribution is 2.40. The number of alkyl halides is 1. The largest absolute Gasteiger partial charge is 0.313 e. The second-order valence-electron chi connectivity index (χ2n) is 3.34. The van der Waals surface area contributed by atoms with E-state index in [1.807, 2.05) is 11.4 Å². The molecule has 1 nitrogen and oxygen atoms in total. The molecule has 2 rings (SSSR count). The van der Waals surface area contributed by atoms with Crippen molar-refractivity contribution in [1.29, 1.82) is 0 Å². The zero-order valence-electron chi connectivity index (χ0n) is 7.15. The van der Waals surface area contributed by atoms with E-state index in [0.29, 0.717) is 13.0 Å². The van der Waals surface area contributed by atoms with E-state index in [4.69, 9.17) is 0 Å². The van der Waals surface area contributed by atoms with E-state index in [-0.39, 0.29) is 0 Å². The van der Waals surface area contributed by atoms with Gasteiger partial charge in [-0.05, 0) is 46.8 Å². The minimum Gasteiger partial charge on any atom is -0.313 e. The second-order valence-corrected chi connectivity index (χ2v) is 5.11. The average molecular weight is 264 g/mol. The maximum Gasteiger partial charge on any atom is 0.158 e. The van der Waals surface area contributed by atoms with Gasteiger partial charge in [0.2, 0.25) is 0 Å². The Labute approximate surface area is 89.5 Å². The van der Waals surface area contributed by atoms with Gasteiger partial charge in [0.1, 0.15) is 0 Å². The van der Waals surface area contributed by atoms with Crippen LogP contribution in [0.25, 0.3) is 0 Å². The molecule has 1 atom stereocenters. The summed E-state index contributed by atoms with van der Waals surface area (Å²) in [4.78, 5) is 0.833. The van der Waals surface area contributed by atoms with Gasteiger partial charge in [-0.15, -0.1) is 11.3 Å². The third-order valence-electron chi connectivity index (χ3n) is 2.36. The number of thiophene rings is 1. The van der Waals surface area contributed by atoms with E-state index < -0.39 is 5.67 Å². The molecule has 0 saturated carbocycles.